The molecule has 1 aromatic carbocycles. The minimum absolute atomic E-state index is 0.0428. The van der Waals surface area contributed by atoms with Gasteiger partial charge < -0.3 is 10.6 Å². The fourth-order valence-electron chi connectivity index (χ4n) is 3.20. The summed E-state index contributed by atoms with van der Waals surface area (Å²) in [5, 5.41) is 8.68. The molecule has 0 aliphatic carbocycles. The number of nitrogens with zero attached hydrogens (tertiary/aromatic N) is 5. The summed E-state index contributed by atoms with van der Waals surface area (Å²) >= 11 is 0. The van der Waals surface area contributed by atoms with Crippen LogP contribution in [0, 0.1) is 5.92 Å². The van der Waals surface area contributed by atoms with E-state index in [1.54, 1.807) is 6.20 Å². The summed E-state index contributed by atoms with van der Waals surface area (Å²) in [5.74, 6) is 1.34. The smallest absolute Gasteiger partial charge is 0.220 e. The fourth-order valence-corrected chi connectivity index (χ4v) is 3.20. The zero-order chi connectivity index (χ0) is 16.5. The topological polar surface area (TPSA) is 89.4 Å². The van der Waals surface area contributed by atoms with E-state index in [1.807, 2.05) is 40.9 Å². The molecule has 0 radical (unpaired) electrons. The number of carbonyl (C=O) groups is 1. The number of primary amides is 1. The van der Waals surface area contributed by atoms with Crippen LogP contribution >= 0.6 is 0 Å². The van der Waals surface area contributed by atoms with Crippen LogP contribution in [0.25, 0.3) is 17.0 Å². The maximum atomic E-state index is 11.3. The van der Waals surface area contributed by atoms with Crippen molar-refractivity contribution >= 4 is 17.4 Å². The average molecular weight is 322 g/mol. The molecule has 0 spiro atoms. The Morgan fingerprint density at radius 3 is 2.58 bits per heavy atom. The van der Waals surface area contributed by atoms with E-state index in [1.165, 1.54) is 0 Å². The molecule has 0 saturated carbocycles. The predicted octanol–water partition coefficient (Wildman–Crippen LogP) is 1.49. The van der Waals surface area contributed by atoms with E-state index in [2.05, 4.69) is 20.1 Å². The van der Waals surface area contributed by atoms with Crippen molar-refractivity contribution in [3.8, 4) is 11.4 Å². The van der Waals surface area contributed by atoms with E-state index < -0.39 is 0 Å². The van der Waals surface area contributed by atoms with Gasteiger partial charge in [-0.2, -0.15) is 0 Å². The van der Waals surface area contributed by atoms with Crippen LogP contribution in [0.1, 0.15) is 12.8 Å². The van der Waals surface area contributed by atoms with Crippen molar-refractivity contribution in [3.63, 3.8) is 0 Å². The first-order valence-corrected chi connectivity index (χ1v) is 8.03. The number of fused-ring (bicyclic) bond motifs is 1. The second-order valence-electron chi connectivity index (χ2n) is 6.00. The van der Waals surface area contributed by atoms with Gasteiger partial charge in [0, 0.05) is 37.0 Å². The first-order valence-electron chi connectivity index (χ1n) is 8.03. The van der Waals surface area contributed by atoms with E-state index in [0.29, 0.717) is 0 Å². The van der Waals surface area contributed by atoms with Crippen LogP contribution in [-0.2, 0) is 4.79 Å². The highest BCUT2D eigenvalue weighted by molar-refractivity contribution is 5.77. The number of amides is 1. The van der Waals surface area contributed by atoms with E-state index in [-0.39, 0.29) is 11.8 Å². The third-order valence-electron chi connectivity index (χ3n) is 4.54. The summed E-state index contributed by atoms with van der Waals surface area (Å²) < 4.78 is 1.96. The van der Waals surface area contributed by atoms with Crippen LogP contribution in [0.2, 0.25) is 0 Å². The van der Waals surface area contributed by atoms with E-state index in [9.17, 15) is 4.79 Å². The fraction of sp³-hybridized carbons (Fsp3) is 0.294. The Morgan fingerprint density at radius 1 is 1.12 bits per heavy atom. The zero-order valence-corrected chi connectivity index (χ0v) is 13.2. The summed E-state index contributed by atoms with van der Waals surface area (Å²) in [7, 11) is 0. The molecule has 1 aliphatic heterocycles. The van der Waals surface area contributed by atoms with Crippen LogP contribution in [-0.4, -0.2) is 38.6 Å². The Morgan fingerprint density at radius 2 is 1.88 bits per heavy atom. The molecule has 2 N–H and O–H groups in total. The van der Waals surface area contributed by atoms with Gasteiger partial charge in [-0.1, -0.05) is 30.3 Å². The molecule has 7 heteroatoms. The van der Waals surface area contributed by atoms with Crippen LogP contribution in [0.4, 0.5) is 5.82 Å². The lowest BCUT2D eigenvalue weighted by Gasteiger charge is -2.31. The van der Waals surface area contributed by atoms with Gasteiger partial charge in [-0.05, 0) is 12.8 Å². The average Bonchev–Trinajstić information content (AvgIpc) is 3.06. The molecular formula is C17H18N6O. The lowest BCUT2D eigenvalue weighted by Crippen LogP contribution is -2.39. The molecule has 1 fully saturated rings. The van der Waals surface area contributed by atoms with Gasteiger partial charge in [-0.3, -0.25) is 9.20 Å². The molecule has 1 aliphatic rings. The van der Waals surface area contributed by atoms with Gasteiger partial charge >= 0.3 is 0 Å². The molecule has 122 valence electrons. The third-order valence-corrected chi connectivity index (χ3v) is 4.54. The standard InChI is InChI=1S/C17H18N6O/c18-14(24)12-6-9-22(10-7-12)16-17-21-20-15(23(17)11-8-19-16)13-4-2-1-3-5-13/h1-5,8,11-12H,6-7,9-10H2,(H2,18,24). The van der Waals surface area contributed by atoms with Crippen molar-refractivity contribution in [1.82, 2.24) is 19.6 Å². The summed E-state index contributed by atoms with van der Waals surface area (Å²) in [5.41, 5.74) is 7.15. The molecule has 0 unspecified atom stereocenters. The largest absolute Gasteiger partial charge is 0.369 e. The zero-order valence-electron chi connectivity index (χ0n) is 13.2. The quantitative estimate of drug-likeness (QED) is 0.789. The first kappa shape index (κ1) is 14.6. The predicted molar refractivity (Wildman–Crippen MR) is 90.3 cm³/mol. The molecule has 24 heavy (non-hydrogen) atoms. The van der Waals surface area contributed by atoms with Gasteiger partial charge in [-0.25, -0.2) is 4.98 Å². The minimum Gasteiger partial charge on any atom is -0.369 e. The van der Waals surface area contributed by atoms with Crippen molar-refractivity contribution in [2.45, 2.75) is 12.8 Å². The lowest BCUT2D eigenvalue weighted by atomic mass is 9.96. The van der Waals surface area contributed by atoms with Crippen LogP contribution in [0.15, 0.2) is 42.7 Å². The second-order valence-corrected chi connectivity index (χ2v) is 6.00. The number of carbonyl (C=O) groups excluding carboxylic acids is 1. The van der Waals surface area contributed by atoms with Gasteiger partial charge in [-0.15, -0.1) is 10.2 Å². The molecule has 1 saturated heterocycles. The van der Waals surface area contributed by atoms with Crippen molar-refractivity contribution in [2.24, 2.45) is 11.7 Å². The van der Waals surface area contributed by atoms with Crippen LogP contribution in [0.3, 0.4) is 0 Å². The van der Waals surface area contributed by atoms with Gasteiger partial charge in [0.1, 0.15) is 0 Å². The normalized spacial score (nSPS) is 15.8. The summed E-state index contributed by atoms with van der Waals surface area (Å²) in [6.45, 7) is 1.49. The molecule has 3 aromatic rings. The Balaban J connectivity index is 1.68. The molecule has 7 nitrogen and oxygen atoms in total. The molecule has 4 rings (SSSR count). The highest BCUT2D eigenvalue weighted by atomic mass is 16.1. The number of nitrogens with two attached hydrogens (primary N) is 1. The third kappa shape index (κ3) is 2.47. The number of hydrogen-bond acceptors (Lipinski definition) is 5. The number of benzene rings is 1. The summed E-state index contributed by atoms with van der Waals surface area (Å²) in [6.07, 6.45) is 5.13. The van der Waals surface area contributed by atoms with E-state index in [0.717, 1.165) is 48.8 Å². The van der Waals surface area contributed by atoms with E-state index in [4.69, 9.17) is 5.73 Å². The van der Waals surface area contributed by atoms with Crippen molar-refractivity contribution in [2.75, 3.05) is 18.0 Å². The molecule has 0 atom stereocenters. The number of aromatic nitrogens is 4. The molecule has 0 bridgehead atoms. The monoisotopic (exact) mass is 322 g/mol. The maximum absolute atomic E-state index is 11.3. The minimum atomic E-state index is -0.213. The Hall–Kier alpha value is -2.96. The number of piperidine rings is 1. The highest BCUT2D eigenvalue weighted by Gasteiger charge is 2.25. The van der Waals surface area contributed by atoms with E-state index >= 15 is 0 Å². The Kier molecular flexibility index (Phi) is 3.60. The summed E-state index contributed by atoms with van der Waals surface area (Å²) in [4.78, 5) is 18.0. The number of rotatable bonds is 3. The van der Waals surface area contributed by atoms with Crippen LogP contribution < -0.4 is 10.6 Å². The lowest BCUT2D eigenvalue weighted by molar-refractivity contribution is -0.122. The SMILES string of the molecule is NC(=O)C1CCN(c2nccn3c(-c4ccccc4)nnc23)CC1. The molecule has 2 aromatic heterocycles. The molecule has 3 heterocycles. The van der Waals surface area contributed by atoms with Crippen LogP contribution in [0.5, 0.6) is 0 Å². The Labute approximate surface area is 139 Å². The number of hydrogen-bond donors (Lipinski definition) is 1. The summed E-state index contributed by atoms with van der Waals surface area (Å²) in [6, 6.07) is 9.95. The van der Waals surface area contributed by atoms with Gasteiger partial charge in [0.15, 0.2) is 11.6 Å². The highest BCUT2D eigenvalue weighted by Crippen LogP contribution is 2.26. The number of anilines is 1. The molecule has 1 amide bonds. The first-order chi connectivity index (χ1) is 11.7. The van der Waals surface area contributed by atoms with Crippen molar-refractivity contribution in [3.05, 3.63) is 42.7 Å². The van der Waals surface area contributed by atoms with Gasteiger partial charge in [0.2, 0.25) is 11.6 Å². The van der Waals surface area contributed by atoms with Gasteiger partial charge in [0.05, 0.1) is 0 Å². The van der Waals surface area contributed by atoms with Crippen molar-refractivity contribution in [1.29, 1.82) is 0 Å². The second kappa shape index (κ2) is 5.92. The Bertz CT molecular complexity index is 867. The van der Waals surface area contributed by atoms with Crippen molar-refractivity contribution < 1.29 is 4.79 Å². The maximum Gasteiger partial charge on any atom is 0.220 e. The molecular weight excluding hydrogens is 304 g/mol. The van der Waals surface area contributed by atoms with Gasteiger partial charge in [0.25, 0.3) is 0 Å².